The van der Waals surface area contributed by atoms with E-state index in [0.717, 1.165) is 6.54 Å². The van der Waals surface area contributed by atoms with Gasteiger partial charge < -0.3 is 10.4 Å². The largest absolute Gasteiger partial charge is 0.477 e. The van der Waals surface area contributed by atoms with Gasteiger partial charge in [0.25, 0.3) is 5.69 Å². The van der Waals surface area contributed by atoms with Crippen molar-refractivity contribution in [1.82, 2.24) is 5.32 Å². The maximum atomic E-state index is 11.1. The van der Waals surface area contributed by atoms with Crippen molar-refractivity contribution in [1.29, 1.82) is 0 Å². The van der Waals surface area contributed by atoms with Gasteiger partial charge in [-0.2, -0.15) is 0 Å². The summed E-state index contributed by atoms with van der Waals surface area (Å²) in [5.74, 6) is -0.847. The lowest BCUT2D eigenvalue weighted by Crippen LogP contribution is -2.21. The lowest BCUT2D eigenvalue weighted by Gasteiger charge is -2.09. The SMILES string of the molecule is CC(C)CNCc1cccc([N+](=O)[O-])c1C(=O)O. The summed E-state index contributed by atoms with van der Waals surface area (Å²) in [4.78, 5) is 21.2. The van der Waals surface area contributed by atoms with Gasteiger partial charge in [-0.1, -0.05) is 26.0 Å². The van der Waals surface area contributed by atoms with E-state index < -0.39 is 10.9 Å². The molecule has 0 radical (unpaired) electrons. The number of carboxylic acid groups (broad SMARTS) is 1. The number of carbonyl (C=O) groups is 1. The highest BCUT2D eigenvalue weighted by molar-refractivity contribution is 5.94. The van der Waals surface area contributed by atoms with Crippen LogP contribution in [0.5, 0.6) is 0 Å². The molecule has 0 unspecified atom stereocenters. The van der Waals surface area contributed by atoms with Gasteiger partial charge >= 0.3 is 5.97 Å². The van der Waals surface area contributed by atoms with E-state index in [-0.39, 0.29) is 11.3 Å². The fourth-order valence-electron chi connectivity index (χ4n) is 1.63. The maximum Gasteiger partial charge on any atom is 0.343 e. The molecule has 0 spiro atoms. The number of nitrogens with zero attached hydrogens (tertiary/aromatic N) is 1. The van der Waals surface area contributed by atoms with Crippen LogP contribution in [0.4, 0.5) is 5.69 Å². The molecule has 0 aliphatic heterocycles. The van der Waals surface area contributed by atoms with E-state index in [0.29, 0.717) is 18.0 Å². The van der Waals surface area contributed by atoms with Gasteiger partial charge in [0.2, 0.25) is 0 Å². The van der Waals surface area contributed by atoms with Crippen molar-refractivity contribution >= 4 is 11.7 Å². The Morgan fingerprint density at radius 2 is 2.17 bits per heavy atom. The third-order valence-corrected chi connectivity index (χ3v) is 2.41. The third-order valence-electron chi connectivity index (χ3n) is 2.41. The van der Waals surface area contributed by atoms with Gasteiger partial charge in [0, 0.05) is 12.6 Å². The smallest absolute Gasteiger partial charge is 0.343 e. The quantitative estimate of drug-likeness (QED) is 0.597. The summed E-state index contributed by atoms with van der Waals surface area (Å²) < 4.78 is 0. The second kappa shape index (κ2) is 6.11. The Hall–Kier alpha value is -1.95. The number of nitro groups is 1. The second-order valence-corrected chi connectivity index (χ2v) is 4.40. The Bertz CT molecular complexity index is 457. The molecule has 0 saturated carbocycles. The molecule has 1 aromatic carbocycles. The van der Waals surface area contributed by atoms with Gasteiger partial charge in [0.1, 0.15) is 5.56 Å². The zero-order chi connectivity index (χ0) is 13.7. The fourth-order valence-corrected chi connectivity index (χ4v) is 1.63. The van der Waals surface area contributed by atoms with Crippen LogP contribution in [0.3, 0.4) is 0 Å². The first kappa shape index (κ1) is 14.1. The molecule has 0 amide bonds. The standard InChI is InChI=1S/C12H16N2O4/c1-8(2)6-13-7-9-4-3-5-10(14(17)18)11(9)12(15)16/h3-5,8,13H,6-7H2,1-2H3,(H,15,16). The van der Waals surface area contributed by atoms with Gasteiger partial charge in [-0.25, -0.2) is 4.79 Å². The molecule has 0 atom stereocenters. The number of hydrogen-bond donors (Lipinski definition) is 2. The topological polar surface area (TPSA) is 92.5 Å². The van der Waals surface area contributed by atoms with Crippen LogP contribution < -0.4 is 5.32 Å². The highest BCUT2D eigenvalue weighted by Crippen LogP contribution is 2.22. The first-order chi connectivity index (χ1) is 8.43. The number of nitro benzene ring substituents is 1. The van der Waals surface area contributed by atoms with Crippen LogP contribution in [-0.2, 0) is 6.54 Å². The molecule has 0 aliphatic rings. The van der Waals surface area contributed by atoms with Gasteiger partial charge in [-0.3, -0.25) is 10.1 Å². The molecule has 98 valence electrons. The average molecular weight is 252 g/mol. The Morgan fingerprint density at radius 3 is 2.67 bits per heavy atom. The zero-order valence-corrected chi connectivity index (χ0v) is 10.3. The highest BCUT2D eigenvalue weighted by Gasteiger charge is 2.22. The third kappa shape index (κ3) is 3.53. The molecule has 18 heavy (non-hydrogen) atoms. The molecule has 1 rings (SSSR count). The van der Waals surface area contributed by atoms with E-state index in [1.54, 1.807) is 6.07 Å². The van der Waals surface area contributed by atoms with Gasteiger partial charge in [-0.15, -0.1) is 0 Å². The van der Waals surface area contributed by atoms with Crippen LogP contribution in [0.25, 0.3) is 0 Å². The van der Waals surface area contributed by atoms with E-state index in [1.807, 2.05) is 13.8 Å². The van der Waals surface area contributed by atoms with Crippen molar-refractivity contribution < 1.29 is 14.8 Å². The zero-order valence-electron chi connectivity index (χ0n) is 10.3. The van der Waals surface area contributed by atoms with Gasteiger partial charge in [0.05, 0.1) is 4.92 Å². The molecular weight excluding hydrogens is 236 g/mol. The molecule has 0 fully saturated rings. The molecule has 6 nitrogen and oxygen atoms in total. The summed E-state index contributed by atoms with van der Waals surface area (Å²) >= 11 is 0. The van der Waals surface area contributed by atoms with Gasteiger partial charge in [0.15, 0.2) is 0 Å². The number of hydrogen-bond acceptors (Lipinski definition) is 4. The molecule has 0 aromatic heterocycles. The summed E-state index contributed by atoms with van der Waals surface area (Å²) in [6.07, 6.45) is 0. The summed E-state index contributed by atoms with van der Waals surface area (Å²) in [5, 5.41) is 22.9. The summed E-state index contributed by atoms with van der Waals surface area (Å²) in [6.45, 7) is 5.08. The van der Waals surface area contributed by atoms with Crippen LogP contribution >= 0.6 is 0 Å². The normalized spacial score (nSPS) is 10.6. The van der Waals surface area contributed by atoms with Crippen molar-refractivity contribution in [2.24, 2.45) is 5.92 Å². The van der Waals surface area contributed by atoms with Crippen molar-refractivity contribution in [3.05, 3.63) is 39.4 Å². The fraction of sp³-hybridized carbons (Fsp3) is 0.417. The van der Waals surface area contributed by atoms with Crippen molar-refractivity contribution in [2.75, 3.05) is 6.54 Å². The Labute approximate surface area is 105 Å². The van der Waals surface area contributed by atoms with Crippen LogP contribution in [0.2, 0.25) is 0 Å². The maximum absolute atomic E-state index is 11.1. The monoisotopic (exact) mass is 252 g/mol. The van der Waals surface area contributed by atoms with Crippen LogP contribution in [0.15, 0.2) is 18.2 Å². The molecule has 2 N–H and O–H groups in total. The Balaban J connectivity index is 3.00. The number of rotatable bonds is 6. The lowest BCUT2D eigenvalue weighted by atomic mass is 10.1. The molecule has 0 saturated heterocycles. The predicted molar refractivity (Wildman–Crippen MR) is 66.6 cm³/mol. The first-order valence-corrected chi connectivity index (χ1v) is 5.63. The molecular formula is C12H16N2O4. The number of nitrogens with one attached hydrogen (secondary N) is 1. The second-order valence-electron chi connectivity index (χ2n) is 4.40. The summed E-state index contributed by atoms with van der Waals surface area (Å²) in [6, 6.07) is 4.29. The van der Waals surface area contributed by atoms with Gasteiger partial charge in [-0.05, 0) is 18.0 Å². The molecule has 0 aliphatic carbocycles. The van der Waals surface area contributed by atoms with Crippen LogP contribution in [0, 0.1) is 16.0 Å². The van der Waals surface area contributed by atoms with E-state index in [1.165, 1.54) is 12.1 Å². The molecule has 6 heteroatoms. The minimum atomic E-state index is -1.27. The summed E-state index contributed by atoms with van der Waals surface area (Å²) in [7, 11) is 0. The Kier molecular flexibility index (Phi) is 4.79. The Morgan fingerprint density at radius 1 is 1.50 bits per heavy atom. The van der Waals surface area contributed by atoms with Crippen molar-refractivity contribution in [3.63, 3.8) is 0 Å². The van der Waals surface area contributed by atoms with E-state index in [4.69, 9.17) is 5.11 Å². The van der Waals surface area contributed by atoms with Crippen molar-refractivity contribution in [3.8, 4) is 0 Å². The average Bonchev–Trinajstić information content (AvgIpc) is 2.27. The first-order valence-electron chi connectivity index (χ1n) is 5.63. The van der Waals surface area contributed by atoms with E-state index in [9.17, 15) is 14.9 Å². The predicted octanol–water partition coefficient (Wildman–Crippen LogP) is 2.04. The minimum Gasteiger partial charge on any atom is -0.477 e. The number of benzene rings is 1. The number of aromatic carboxylic acids is 1. The summed E-state index contributed by atoms with van der Waals surface area (Å²) in [5.41, 5.74) is -0.178. The molecule has 0 heterocycles. The van der Waals surface area contributed by atoms with E-state index >= 15 is 0 Å². The van der Waals surface area contributed by atoms with Crippen LogP contribution in [0.1, 0.15) is 29.8 Å². The minimum absolute atomic E-state index is 0.237. The molecule has 1 aromatic rings. The lowest BCUT2D eigenvalue weighted by molar-refractivity contribution is -0.385. The molecule has 0 bridgehead atoms. The highest BCUT2D eigenvalue weighted by atomic mass is 16.6. The van der Waals surface area contributed by atoms with Crippen molar-refractivity contribution in [2.45, 2.75) is 20.4 Å². The number of carboxylic acids is 1. The van der Waals surface area contributed by atoms with E-state index in [2.05, 4.69) is 5.32 Å². The van der Waals surface area contributed by atoms with Crippen LogP contribution in [-0.4, -0.2) is 22.5 Å².